The first-order valence-electron chi connectivity index (χ1n) is 7.30. The summed E-state index contributed by atoms with van der Waals surface area (Å²) < 4.78 is 38.0. The molecular weight excluding hydrogens is 271 g/mol. The third-order valence-corrected chi connectivity index (χ3v) is 3.99. The molecule has 0 heterocycles. The molecule has 1 fully saturated rings. The fraction of sp³-hybridized carbons (Fsp3) is 0.929. The summed E-state index contributed by atoms with van der Waals surface area (Å²) in [6, 6.07) is 0. The van der Waals surface area contributed by atoms with E-state index in [-0.39, 0.29) is 31.3 Å². The van der Waals surface area contributed by atoms with Crippen molar-refractivity contribution in [1.29, 1.82) is 0 Å². The Balaban J connectivity index is 2.29. The van der Waals surface area contributed by atoms with Gasteiger partial charge in [-0.15, -0.1) is 0 Å². The topological polar surface area (TPSA) is 49.3 Å². The summed E-state index contributed by atoms with van der Waals surface area (Å²) >= 11 is 0. The lowest BCUT2D eigenvalue weighted by Crippen LogP contribution is -2.37. The minimum Gasteiger partial charge on any atom is -0.396 e. The van der Waals surface area contributed by atoms with Crippen LogP contribution in [0, 0.1) is 17.8 Å². The number of hydrogen-bond donors (Lipinski definition) is 2. The van der Waals surface area contributed by atoms with Crippen molar-refractivity contribution in [2.75, 3.05) is 13.2 Å². The number of halogens is 3. The van der Waals surface area contributed by atoms with Gasteiger partial charge in [-0.05, 0) is 38.0 Å². The highest BCUT2D eigenvalue weighted by atomic mass is 19.4. The van der Waals surface area contributed by atoms with Crippen LogP contribution in [0.15, 0.2) is 0 Å². The normalized spacial score (nSPS) is 25.2. The van der Waals surface area contributed by atoms with Crippen molar-refractivity contribution in [3.63, 3.8) is 0 Å². The molecule has 3 nitrogen and oxygen atoms in total. The van der Waals surface area contributed by atoms with Crippen molar-refractivity contribution in [1.82, 2.24) is 5.32 Å². The molecule has 0 spiro atoms. The van der Waals surface area contributed by atoms with Gasteiger partial charge in [0.1, 0.15) is 0 Å². The summed E-state index contributed by atoms with van der Waals surface area (Å²) in [6.45, 7) is 2.50. The van der Waals surface area contributed by atoms with Gasteiger partial charge in [0, 0.05) is 19.1 Å². The summed E-state index contributed by atoms with van der Waals surface area (Å²) in [4.78, 5) is 11.9. The molecule has 6 heteroatoms. The van der Waals surface area contributed by atoms with E-state index in [0.717, 1.165) is 12.8 Å². The summed E-state index contributed by atoms with van der Waals surface area (Å²) in [6.07, 6.45) is -1.58. The molecule has 20 heavy (non-hydrogen) atoms. The van der Waals surface area contributed by atoms with Gasteiger partial charge < -0.3 is 10.4 Å². The van der Waals surface area contributed by atoms with Gasteiger partial charge in [-0.3, -0.25) is 4.79 Å². The SMILES string of the molecule is CC(CO)CCCNC(=O)C1CCCC(C(F)(F)F)C1. The van der Waals surface area contributed by atoms with Gasteiger partial charge in [0.05, 0.1) is 5.92 Å². The quantitative estimate of drug-likeness (QED) is 0.740. The van der Waals surface area contributed by atoms with Crippen LogP contribution in [0.3, 0.4) is 0 Å². The molecule has 0 bridgehead atoms. The third kappa shape index (κ3) is 5.69. The fourth-order valence-corrected chi connectivity index (χ4v) is 2.62. The molecule has 0 aliphatic heterocycles. The Kier molecular flexibility index (Phi) is 6.79. The summed E-state index contributed by atoms with van der Waals surface area (Å²) in [5.41, 5.74) is 0. The molecular formula is C14H24F3NO2. The zero-order chi connectivity index (χ0) is 15.2. The first-order chi connectivity index (χ1) is 9.34. The van der Waals surface area contributed by atoms with Crippen LogP contribution < -0.4 is 5.32 Å². The van der Waals surface area contributed by atoms with Crippen molar-refractivity contribution in [3.05, 3.63) is 0 Å². The second-order valence-electron chi connectivity index (χ2n) is 5.82. The molecule has 1 amide bonds. The molecule has 3 unspecified atom stereocenters. The van der Waals surface area contributed by atoms with E-state index in [2.05, 4.69) is 5.32 Å². The maximum absolute atomic E-state index is 12.7. The number of amides is 1. The van der Waals surface area contributed by atoms with Crippen molar-refractivity contribution in [2.24, 2.45) is 17.8 Å². The lowest BCUT2D eigenvalue weighted by molar-refractivity contribution is -0.186. The third-order valence-electron chi connectivity index (χ3n) is 3.99. The summed E-state index contributed by atoms with van der Waals surface area (Å²) in [5.74, 6) is -1.90. The van der Waals surface area contributed by atoms with Gasteiger partial charge in [-0.25, -0.2) is 0 Å². The van der Waals surface area contributed by atoms with Crippen molar-refractivity contribution in [2.45, 2.75) is 51.6 Å². The second kappa shape index (κ2) is 7.86. The first kappa shape index (κ1) is 17.3. The molecule has 1 aliphatic carbocycles. The number of carbonyl (C=O) groups excluding carboxylic acids is 1. The predicted octanol–water partition coefficient (Wildman–Crippen LogP) is 2.88. The molecule has 0 saturated heterocycles. The highest BCUT2D eigenvalue weighted by molar-refractivity contribution is 5.78. The van der Waals surface area contributed by atoms with Gasteiger partial charge in [0.25, 0.3) is 0 Å². The van der Waals surface area contributed by atoms with E-state index >= 15 is 0 Å². The molecule has 0 aromatic heterocycles. The molecule has 1 rings (SSSR count). The Morgan fingerprint density at radius 3 is 2.70 bits per heavy atom. The van der Waals surface area contributed by atoms with E-state index in [1.807, 2.05) is 6.92 Å². The maximum Gasteiger partial charge on any atom is 0.391 e. The molecule has 2 N–H and O–H groups in total. The Morgan fingerprint density at radius 2 is 2.10 bits per heavy atom. The molecule has 118 valence electrons. The van der Waals surface area contributed by atoms with Crippen LogP contribution in [0.2, 0.25) is 0 Å². The number of carbonyl (C=O) groups is 1. The van der Waals surface area contributed by atoms with E-state index in [1.165, 1.54) is 0 Å². The van der Waals surface area contributed by atoms with Crippen LogP contribution in [0.4, 0.5) is 13.2 Å². The zero-order valence-corrected chi connectivity index (χ0v) is 11.9. The predicted molar refractivity (Wildman–Crippen MR) is 70.0 cm³/mol. The van der Waals surface area contributed by atoms with Crippen LogP contribution in [0.25, 0.3) is 0 Å². The Labute approximate surface area is 117 Å². The standard InChI is InChI=1S/C14H24F3NO2/c1-10(9-19)4-3-7-18-13(20)11-5-2-6-12(8-11)14(15,16)17/h10-12,19H,2-9H2,1H3,(H,18,20). The van der Waals surface area contributed by atoms with E-state index in [4.69, 9.17) is 5.11 Å². The first-order valence-corrected chi connectivity index (χ1v) is 7.30. The minimum absolute atomic E-state index is 0.0810. The highest BCUT2D eigenvalue weighted by Gasteiger charge is 2.43. The van der Waals surface area contributed by atoms with E-state index in [1.54, 1.807) is 0 Å². The van der Waals surface area contributed by atoms with Crippen LogP contribution in [-0.2, 0) is 4.79 Å². The Hall–Kier alpha value is -0.780. The fourth-order valence-electron chi connectivity index (χ4n) is 2.62. The van der Waals surface area contributed by atoms with Crippen LogP contribution in [0.1, 0.15) is 45.4 Å². The van der Waals surface area contributed by atoms with E-state index < -0.39 is 18.0 Å². The van der Waals surface area contributed by atoms with Gasteiger partial charge >= 0.3 is 6.18 Å². The number of nitrogens with one attached hydrogen (secondary N) is 1. The molecule has 1 aliphatic rings. The average molecular weight is 295 g/mol. The van der Waals surface area contributed by atoms with Crippen LogP contribution in [0.5, 0.6) is 0 Å². The van der Waals surface area contributed by atoms with Crippen LogP contribution >= 0.6 is 0 Å². The van der Waals surface area contributed by atoms with Gasteiger partial charge in [-0.1, -0.05) is 13.3 Å². The molecule has 3 atom stereocenters. The van der Waals surface area contributed by atoms with Crippen molar-refractivity contribution in [3.8, 4) is 0 Å². The molecule has 1 saturated carbocycles. The van der Waals surface area contributed by atoms with Crippen molar-refractivity contribution < 1.29 is 23.1 Å². The van der Waals surface area contributed by atoms with E-state index in [9.17, 15) is 18.0 Å². The minimum atomic E-state index is -4.19. The second-order valence-corrected chi connectivity index (χ2v) is 5.82. The molecule has 0 aromatic carbocycles. The summed E-state index contributed by atoms with van der Waals surface area (Å²) in [5, 5.41) is 11.6. The van der Waals surface area contributed by atoms with Crippen molar-refractivity contribution >= 4 is 5.91 Å². The summed E-state index contributed by atoms with van der Waals surface area (Å²) in [7, 11) is 0. The van der Waals surface area contributed by atoms with Gasteiger partial charge in [0.2, 0.25) is 5.91 Å². The number of aliphatic hydroxyl groups excluding tert-OH is 1. The van der Waals surface area contributed by atoms with Gasteiger partial charge in [-0.2, -0.15) is 13.2 Å². The lowest BCUT2D eigenvalue weighted by Gasteiger charge is -2.29. The largest absolute Gasteiger partial charge is 0.396 e. The maximum atomic E-state index is 12.7. The van der Waals surface area contributed by atoms with Crippen LogP contribution in [-0.4, -0.2) is 30.3 Å². The highest BCUT2D eigenvalue weighted by Crippen LogP contribution is 2.39. The average Bonchev–Trinajstić information content (AvgIpc) is 2.42. The molecule has 0 radical (unpaired) electrons. The Morgan fingerprint density at radius 1 is 1.40 bits per heavy atom. The Bertz CT molecular complexity index is 307. The smallest absolute Gasteiger partial charge is 0.391 e. The zero-order valence-electron chi connectivity index (χ0n) is 11.9. The van der Waals surface area contributed by atoms with E-state index in [0.29, 0.717) is 19.4 Å². The number of hydrogen-bond acceptors (Lipinski definition) is 2. The lowest BCUT2D eigenvalue weighted by atomic mass is 9.80. The molecule has 0 aromatic rings. The number of aliphatic hydroxyl groups is 1. The monoisotopic (exact) mass is 295 g/mol. The number of rotatable bonds is 6. The van der Waals surface area contributed by atoms with Gasteiger partial charge in [0.15, 0.2) is 0 Å². The number of alkyl halides is 3.